The molecule has 1 aliphatic heterocycles. The summed E-state index contributed by atoms with van der Waals surface area (Å²) in [6.45, 7) is 1.13. The van der Waals surface area contributed by atoms with Crippen LogP contribution in [0.15, 0.2) is 10.5 Å². The average Bonchev–Trinajstić information content (AvgIpc) is 2.88. The summed E-state index contributed by atoms with van der Waals surface area (Å²) in [5.74, 6) is 1.05. The van der Waals surface area contributed by atoms with Gasteiger partial charge in [0.2, 0.25) is 0 Å². The summed E-state index contributed by atoms with van der Waals surface area (Å²) in [5.41, 5.74) is 4.33. The summed E-state index contributed by atoms with van der Waals surface area (Å²) in [4.78, 5) is 0. The zero-order chi connectivity index (χ0) is 12.5. The number of aryl methyl sites for hydroxylation is 1. The van der Waals surface area contributed by atoms with Crippen molar-refractivity contribution in [2.45, 2.75) is 44.6 Å². The van der Waals surface area contributed by atoms with Crippen LogP contribution in [-0.4, -0.2) is 13.7 Å². The fourth-order valence-corrected chi connectivity index (χ4v) is 4.12. The zero-order valence-corrected chi connectivity index (χ0v) is 12.5. The van der Waals surface area contributed by atoms with Gasteiger partial charge >= 0.3 is 0 Å². The highest BCUT2D eigenvalue weighted by atomic mass is 79.9. The third-order valence-corrected chi connectivity index (χ3v) is 5.05. The van der Waals surface area contributed by atoms with Gasteiger partial charge in [-0.25, -0.2) is 0 Å². The molecule has 1 aromatic rings. The van der Waals surface area contributed by atoms with E-state index in [4.69, 9.17) is 4.74 Å². The molecule has 1 saturated heterocycles. The number of piperidine rings is 1. The van der Waals surface area contributed by atoms with Crippen molar-refractivity contribution in [1.82, 2.24) is 5.32 Å². The lowest BCUT2D eigenvalue weighted by atomic mass is 9.94. The molecule has 1 aromatic carbocycles. The molecule has 0 bridgehead atoms. The predicted octanol–water partition coefficient (Wildman–Crippen LogP) is 3.76. The van der Waals surface area contributed by atoms with Gasteiger partial charge in [-0.1, -0.05) is 12.5 Å². The van der Waals surface area contributed by atoms with Gasteiger partial charge in [0.1, 0.15) is 5.75 Å². The largest absolute Gasteiger partial charge is 0.495 e. The highest BCUT2D eigenvalue weighted by Crippen LogP contribution is 2.42. The van der Waals surface area contributed by atoms with Crippen LogP contribution < -0.4 is 10.1 Å². The number of benzene rings is 1. The lowest BCUT2D eigenvalue weighted by molar-refractivity contribution is 0.371. The van der Waals surface area contributed by atoms with Crippen molar-refractivity contribution < 1.29 is 4.74 Å². The minimum Gasteiger partial charge on any atom is -0.495 e. The number of hydrogen-bond acceptors (Lipinski definition) is 2. The van der Waals surface area contributed by atoms with Crippen LogP contribution in [0.3, 0.4) is 0 Å². The minimum atomic E-state index is 0.468. The number of hydrogen-bond donors (Lipinski definition) is 1. The molecule has 1 unspecified atom stereocenters. The maximum absolute atomic E-state index is 5.67. The van der Waals surface area contributed by atoms with Crippen molar-refractivity contribution in [1.29, 1.82) is 0 Å². The fraction of sp³-hybridized carbons (Fsp3) is 0.600. The van der Waals surface area contributed by atoms with E-state index in [1.54, 1.807) is 7.11 Å². The third-order valence-electron chi connectivity index (χ3n) is 4.21. The first kappa shape index (κ1) is 12.5. The van der Waals surface area contributed by atoms with Crippen LogP contribution >= 0.6 is 15.9 Å². The second-order valence-electron chi connectivity index (χ2n) is 5.31. The number of fused-ring (bicyclic) bond motifs is 1. The fourth-order valence-electron chi connectivity index (χ4n) is 3.28. The van der Waals surface area contributed by atoms with E-state index in [1.165, 1.54) is 59.7 Å². The maximum Gasteiger partial charge on any atom is 0.138 e. The van der Waals surface area contributed by atoms with Gasteiger partial charge in [0.25, 0.3) is 0 Å². The number of methoxy groups -OCH3 is 1. The molecule has 1 heterocycles. The molecule has 3 rings (SSSR count). The molecule has 1 fully saturated rings. The van der Waals surface area contributed by atoms with Crippen molar-refractivity contribution in [3.8, 4) is 5.75 Å². The van der Waals surface area contributed by atoms with Gasteiger partial charge in [-0.05, 0) is 65.7 Å². The Kier molecular flexibility index (Phi) is 3.62. The van der Waals surface area contributed by atoms with Crippen LogP contribution in [0.4, 0.5) is 0 Å². The first-order valence-electron chi connectivity index (χ1n) is 6.92. The predicted molar refractivity (Wildman–Crippen MR) is 77.3 cm³/mol. The zero-order valence-electron chi connectivity index (χ0n) is 10.9. The van der Waals surface area contributed by atoms with Crippen molar-refractivity contribution in [3.63, 3.8) is 0 Å². The smallest absolute Gasteiger partial charge is 0.138 e. The van der Waals surface area contributed by atoms with Crippen LogP contribution in [0.5, 0.6) is 5.75 Å². The van der Waals surface area contributed by atoms with Gasteiger partial charge in [-0.2, -0.15) is 0 Å². The van der Waals surface area contributed by atoms with Gasteiger partial charge in [0.15, 0.2) is 0 Å². The van der Waals surface area contributed by atoms with E-state index in [9.17, 15) is 0 Å². The molecule has 0 saturated carbocycles. The van der Waals surface area contributed by atoms with Gasteiger partial charge in [0.05, 0.1) is 11.6 Å². The molecular weight excluding hydrogens is 290 g/mol. The Balaban J connectivity index is 2.04. The summed E-state index contributed by atoms with van der Waals surface area (Å²) in [6, 6.07) is 2.85. The third kappa shape index (κ3) is 2.08. The molecule has 0 aromatic heterocycles. The lowest BCUT2D eigenvalue weighted by Gasteiger charge is -2.27. The molecule has 1 N–H and O–H groups in total. The summed E-state index contributed by atoms with van der Waals surface area (Å²) < 4.78 is 6.86. The van der Waals surface area contributed by atoms with Crippen LogP contribution in [0.1, 0.15) is 48.4 Å². The highest BCUT2D eigenvalue weighted by Gasteiger charge is 2.25. The van der Waals surface area contributed by atoms with Crippen LogP contribution in [-0.2, 0) is 12.8 Å². The van der Waals surface area contributed by atoms with E-state index in [-0.39, 0.29) is 0 Å². The molecule has 98 valence electrons. The first-order chi connectivity index (χ1) is 8.81. The van der Waals surface area contributed by atoms with E-state index in [1.807, 2.05) is 0 Å². The second kappa shape index (κ2) is 5.22. The van der Waals surface area contributed by atoms with Crippen LogP contribution in [0, 0.1) is 0 Å². The van der Waals surface area contributed by atoms with E-state index in [0.717, 1.165) is 12.3 Å². The Labute approximate surface area is 117 Å². The summed E-state index contributed by atoms with van der Waals surface area (Å²) in [7, 11) is 1.79. The van der Waals surface area contributed by atoms with Crippen molar-refractivity contribution >= 4 is 15.9 Å². The Morgan fingerprint density at radius 2 is 2.17 bits per heavy atom. The molecule has 3 heteroatoms. The summed E-state index contributed by atoms with van der Waals surface area (Å²) in [6.07, 6.45) is 7.52. The summed E-state index contributed by atoms with van der Waals surface area (Å²) in [5, 5.41) is 3.63. The molecular formula is C15H20BrNO. The Hall–Kier alpha value is -0.540. The van der Waals surface area contributed by atoms with Crippen LogP contribution in [0.25, 0.3) is 0 Å². The first-order valence-corrected chi connectivity index (χ1v) is 7.72. The van der Waals surface area contributed by atoms with E-state index in [0.29, 0.717) is 6.04 Å². The number of nitrogens with one attached hydrogen (secondary N) is 1. The number of rotatable bonds is 2. The highest BCUT2D eigenvalue weighted by molar-refractivity contribution is 9.10. The van der Waals surface area contributed by atoms with Crippen molar-refractivity contribution in [2.24, 2.45) is 0 Å². The summed E-state index contributed by atoms with van der Waals surface area (Å²) >= 11 is 3.76. The van der Waals surface area contributed by atoms with Crippen molar-refractivity contribution in [2.75, 3.05) is 13.7 Å². The van der Waals surface area contributed by atoms with Crippen molar-refractivity contribution in [3.05, 3.63) is 27.2 Å². The standard InChI is InChI=1S/C15H20BrNO/c1-18-15-12(13-7-2-3-8-17-13)9-10-5-4-6-11(10)14(15)16/h9,13,17H,2-8H2,1H3. The van der Waals surface area contributed by atoms with Crippen LogP contribution in [0.2, 0.25) is 0 Å². The molecule has 2 aliphatic rings. The molecule has 0 spiro atoms. The lowest BCUT2D eigenvalue weighted by Crippen LogP contribution is -2.27. The minimum absolute atomic E-state index is 0.468. The number of halogens is 1. The SMILES string of the molecule is COc1c(C2CCCCN2)cc2c(c1Br)CCC2. The number of ether oxygens (including phenoxy) is 1. The average molecular weight is 310 g/mol. The topological polar surface area (TPSA) is 21.3 Å². The Morgan fingerprint density at radius 3 is 2.89 bits per heavy atom. The van der Waals surface area contributed by atoms with Gasteiger partial charge in [0, 0.05) is 11.6 Å². The van der Waals surface area contributed by atoms with E-state index in [2.05, 4.69) is 27.3 Å². The molecule has 2 nitrogen and oxygen atoms in total. The Morgan fingerprint density at radius 1 is 1.28 bits per heavy atom. The molecule has 1 aliphatic carbocycles. The van der Waals surface area contributed by atoms with Gasteiger partial charge < -0.3 is 10.1 Å². The van der Waals surface area contributed by atoms with Gasteiger partial charge in [-0.3, -0.25) is 0 Å². The second-order valence-corrected chi connectivity index (χ2v) is 6.10. The normalized spacial score (nSPS) is 22.9. The molecule has 18 heavy (non-hydrogen) atoms. The maximum atomic E-state index is 5.67. The Bertz CT molecular complexity index is 452. The quantitative estimate of drug-likeness (QED) is 0.898. The molecule has 0 radical (unpaired) electrons. The van der Waals surface area contributed by atoms with Gasteiger partial charge in [-0.15, -0.1) is 0 Å². The monoisotopic (exact) mass is 309 g/mol. The molecule has 0 amide bonds. The van der Waals surface area contributed by atoms with E-state index < -0.39 is 0 Å². The van der Waals surface area contributed by atoms with E-state index >= 15 is 0 Å². The molecule has 1 atom stereocenters.